The van der Waals surface area contributed by atoms with E-state index in [0.29, 0.717) is 19.4 Å². The van der Waals surface area contributed by atoms with Crippen LogP contribution in [0.4, 0.5) is 4.79 Å². The fourth-order valence-electron chi connectivity index (χ4n) is 3.83. The molecule has 1 aliphatic carbocycles. The molecule has 32 heavy (non-hydrogen) atoms. The molecule has 1 aromatic carbocycles. The molecule has 0 spiro atoms. The van der Waals surface area contributed by atoms with E-state index in [0.717, 1.165) is 43.7 Å². The summed E-state index contributed by atoms with van der Waals surface area (Å²) in [6.45, 7) is 9.65. The zero-order chi connectivity index (χ0) is 23.0. The number of ether oxygens (including phenoxy) is 1. The highest BCUT2D eigenvalue weighted by Crippen LogP contribution is 2.32. The summed E-state index contributed by atoms with van der Waals surface area (Å²) in [4.78, 5) is 16.4. The van der Waals surface area contributed by atoms with Gasteiger partial charge in [-0.3, -0.25) is 0 Å². The maximum Gasteiger partial charge on any atom is 0.410 e. The summed E-state index contributed by atoms with van der Waals surface area (Å²) in [6.07, 6.45) is 8.05. The van der Waals surface area contributed by atoms with Crippen LogP contribution < -0.4 is 0 Å². The van der Waals surface area contributed by atoms with Gasteiger partial charge in [0.15, 0.2) is 0 Å². The smallest absolute Gasteiger partial charge is 0.410 e. The minimum Gasteiger partial charge on any atom is -0.444 e. The standard InChI is InChI=1S/C27H33N3O2/c1-26(2,3)32-25(31)30-19-9-18-29(20-21-30)17-8-7-14-27(22-28)15-12-24(13-16-27)23-10-5-4-6-11-23/h4-6,10-13,15H,8-9,16-21H2,1-3H3. The number of carbonyl (C=O) groups is 1. The molecule has 5 heteroatoms. The Morgan fingerprint density at radius 1 is 1.16 bits per heavy atom. The number of hydrogen-bond acceptors (Lipinski definition) is 4. The van der Waals surface area contributed by atoms with Gasteiger partial charge in [-0.2, -0.15) is 5.26 Å². The fraction of sp³-hybridized carbons (Fsp3) is 0.481. The molecule has 0 radical (unpaired) electrons. The number of carbonyl (C=O) groups excluding carboxylic acids is 1. The molecule has 3 rings (SSSR count). The Morgan fingerprint density at radius 3 is 2.59 bits per heavy atom. The van der Waals surface area contributed by atoms with Gasteiger partial charge in [-0.15, -0.1) is 0 Å². The first-order chi connectivity index (χ1) is 15.3. The molecule has 1 heterocycles. The van der Waals surface area contributed by atoms with Crippen molar-refractivity contribution >= 4 is 11.7 Å². The van der Waals surface area contributed by atoms with Crippen molar-refractivity contribution in [1.29, 1.82) is 5.26 Å². The van der Waals surface area contributed by atoms with Gasteiger partial charge >= 0.3 is 6.09 Å². The highest BCUT2D eigenvalue weighted by molar-refractivity contribution is 5.76. The lowest BCUT2D eigenvalue weighted by molar-refractivity contribution is 0.0258. The molecule has 0 bridgehead atoms. The normalized spacial score (nSPS) is 21.6. The average Bonchev–Trinajstić information content (AvgIpc) is 3.02. The van der Waals surface area contributed by atoms with Crippen LogP contribution in [0.25, 0.3) is 5.57 Å². The van der Waals surface area contributed by atoms with E-state index in [1.807, 2.05) is 51.1 Å². The SMILES string of the molecule is CC(C)(C)OC(=O)N1CCCN(CCC#CC2(C#N)C=CC(c3ccccc3)=CC2)CC1. The number of nitriles is 1. The second-order valence-electron chi connectivity index (χ2n) is 9.36. The predicted octanol–water partition coefficient (Wildman–Crippen LogP) is 4.88. The Balaban J connectivity index is 1.49. The molecule has 5 nitrogen and oxygen atoms in total. The second-order valence-corrected chi connectivity index (χ2v) is 9.36. The van der Waals surface area contributed by atoms with Crippen molar-refractivity contribution in [2.45, 2.75) is 45.6 Å². The van der Waals surface area contributed by atoms with Crippen LogP contribution in [-0.4, -0.2) is 54.2 Å². The summed E-state index contributed by atoms with van der Waals surface area (Å²) in [5, 5.41) is 9.75. The maximum absolute atomic E-state index is 12.3. The minimum absolute atomic E-state index is 0.234. The molecule has 1 aliphatic heterocycles. The van der Waals surface area contributed by atoms with Crippen LogP contribution >= 0.6 is 0 Å². The molecule has 0 aromatic heterocycles. The number of allylic oxidation sites excluding steroid dienone is 4. The van der Waals surface area contributed by atoms with Crippen LogP contribution in [0, 0.1) is 28.6 Å². The first-order valence-electron chi connectivity index (χ1n) is 11.4. The quantitative estimate of drug-likeness (QED) is 0.641. The lowest BCUT2D eigenvalue weighted by Crippen LogP contribution is -2.39. The first kappa shape index (κ1) is 23.6. The van der Waals surface area contributed by atoms with Gasteiger partial charge < -0.3 is 14.5 Å². The molecule has 1 atom stereocenters. The number of rotatable bonds is 3. The third kappa shape index (κ3) is 6.74. The summed E-state index contributed by atoms with van der Waals surface area (Å²) >= 11 is 0. The molecule has 1 fully saturated rings. The molecule has 168 valence electrons. The van der Waals surface area contributed by atoms with Crippen LogP contribution in [0.15, 0.2) is 48.6 Å². The molecule has 1 aromatic rings. The van der Waals surface area contributed by atoms with E-state index in [1.165, 1.54) is 0 Å². The summed E-state index contributed by atoms with van der Waals surface area (Å²) in [7, 11) is 0. The predicted molar refractivity (Wildman–Crippen MR) is 127 cm³/mol. The number of hydrogen-bond donors (Lipinski definition) is 0. The van der Waals surface area contributed by atoms with Gasteiger partial charge in [-0.1, -0.05) is 60.4 Å². The molecule has 1 unspecified atom stereocenters. The molecule has 1 saturated heterocycles. The third-order valence-corrected chi connectivity index (χ3v) is 5.60. The van der Waals surface area contributed by atoms with Crippen LogP contribution in [0.5, 0.6) is 0 Å². The maximum atomic E-state index is 12.3. The highest BCUT2D eigenvalue weighted by atomic mass is 16.6. The van der Waals surface area contributed by atoms with E-state index in [9.17, 15) is 10.1 Å². The summed E-state index contributed by atoms with van der Waals surface area (Å²) in [5.74, 6) is 6.45. The average molecular weight is 432 g/mol. The van der Waals surface area contributed by atoms with E-state index in [-0.39, 0.29) is 6.09 Å². The van der Waals surface area contributed by atoms with Crippen LogP contribution in [0.2, 0.25) is 0 Å². The molecule has 0 N–H and O–H groups in total. The van der Waals surface area contributed by atoms with Crippen molar-refractivity contribution in [3.05, 3.63) is 54.1 Å². The topological polar surface area (TPSA) is 56.6 Å². The highest BCUT2D eigenvalue weighted by Gasteiger charge is 2.26. The lowest BCUT2D eigenvalue weighted by Gasteiger charge is -2.26. The number of amides is 1. The summed E-state index contributed by atoms with van der Waals surface area (Å²) in [5.41, 5.74) is 1.08. The molecule has 0 saturated carbocycles. The molecule has 1 amide bonds. The fourth-order valence-corrected chi connectivity index (χ4v) is 3.83. The van der Waals surface area contributed by atoms with Crippen LogP contribution in [0.3, 0.4) is 0 Å². The Hall–Kier alpha value is -3.02. The molecular weight excluding hydrogens is 398 g/mol. The van der Waals surface area contributed by atoms with Crippen LogP contribution in [0.1, 0.15) is 45.6 Å². The van der Waals surface area contributed by atoms with Gasteiger partial charge in [-0.25, -0.2) is 4.79 Å². The zero-order valence-corrected chi connectivity index (χ0v) is 19.4. The van der Waals surface area contributed by atoms with Gasteiger partial charge in [0.05, 0.1) is 6.07 Å². The number of nitrogens with zero attached hydrogens (tertiary/aromatic N) is 3. The van der Waals surface area contributed by atoms with Crippen molar-refractivity contribution < 1.29 is 9.53 Å². The van der Waals surface area contributed by atoms with Crippen LogP contribution in [-0.2, 0) is 4.74 Å². The lowest BCUT2D eigenvalue weighted by atomic mass is 9.81. The van der Waals surface area contributed by atoms with Gasteiger partial charge in [0, 0.05) is 32.6 Å². The number of benzene rings is 1. The van der Waals surface area contributed by atoms with Crippen molar-refractivity contribution in [3.8, 4) is 17.9 Å². The zero-order valence-electron chi connectivity index (χ0n) is 19.4. The minimum atomic E-state index is -0.745. The van der Waals surface area contributed by atoms with Crippen molar-refractivity contribution in [1.82, 2.24) is 9.80 Å². The molecular formula is C27H33N3O2. The van der Waals surface area contributed by atoms with E-state index >= 15 is 0 Å². The molecule has 2 aliphatic rings. The summed E-state index contributed by atoms with van der Waals surface area (Å²) < 4.78 is 5.50. The van der Waals surface area contributed by atoms with E-state index in [1.54, 1.807) is 4.90 Å². The first-order valence-corrected chi connectivity index (χ1v) is 11.4. The van der Waals surface area contributed by atoms with Gasteiger partial charge in [0.1, 0.15) is 11.0 Å². The Kier molecular flexibility index (Phi) is 7.78. The van der Waals surface area contributed by atoms with Crippen molar-refractivity contribution in [2.24, 2.45) is 5.41 Å². The summed E-state index contributed by atoms with van der Waals surface area (Å²) in [6, 6.07) is 12.6. The van der Waals surface area contributed by atoms with E-state index in [4.69, 9.17) is 4.74 Å². The van der Waals surface area contributed by atoms with Crippen molar-refractivity contribution in [2.75, 3.05) is 32.7 Å². The van der Waals surface area contributed by atoms with Crippen molar-refractivity contribution in [3.63, 3.8) is 0 Å². The van der Waals surface area contributed by atoms with Gasteiger partial charge in [0.2, 0.25) is 0 Å². The third-order valence-electron chi connectivity index (χ3n) is 5.60. The second kappa shape index (κ2) is 10.5. The van der Waals surface area contributed by atoms with E-state index < -0.39 is 11.0 Å². The Labute approximate surface area is 192 Å². The Bertz CT molecular complexity index is 957. The monoisotopic (exact) mass is 431 g/mol. The van der Waals surface area contributed by atoms with E-state index in [2.05, 4.69) is 41.0 Å². The largest absolute Gasteiger partial charge is 0.444 e. The van der Waals surface area contributed by atoms with Gasteiger partial charge in [-0.05, 0) is 51.3 Å². The Morgan fingerprint density at radius 2 is 1.94 bits per heavy atom. The van der Waals surface area contributed by atoms with Gasteiger partial charge in [0.25, 0.3) is 0 Å².